The lowest BCUT2D eigenvalue weighted by Crippen LogP contribution is -2.33. The molecule has 0 aliphatic heterocycles. The largest absolute Gasteiger partial charge is 0.507 e. The number of aromatic hydroxyl groups is 1. The fourth-order valence-electron chi connectivity index (χ4n) is 10.8. The van der Waals surface area contributed by atoms with Crippen LogP contribution in [0.5, 0.6) is 5.75 Å². The van der Waals surface area contributed by atoms with E-state index >= 15 is 0 Å². The van der Waals surface area contributed by atoms with Gasteiger partial charge >= 0.3 is 0 Å². The topological polar surface area (TPSA) is 41.9 Å². The van der Waals surface area contributed by atoms with Crippen molar-refractivity contribution in [2.75, 3.05) is 0 Å². The molecule has 1 N–H and O–H groups in total. The fraction of sp³-hybridized carbons (Fsp3) is 0.250. The van der Waals surface area contributed by atoms with Gasteiger partial charge in [0.1, 0.15) is 11.6 Å². The zero-order valence-corrected chi connectivity index (χ0v) is 46.9. The second kappa shape index (κ2) is 20.0. The second-order valence-corrected chi connectivity index (χ2v) is 24.6. The molecule has 0 atom stereocenters. The number of pyridine rings is 1. The number of hydrogen-bond acceptors (Lipinski definition) is 2. The average Bonchev–Trinajstić information content (AvgIpc) is 3.94. The summed E-state index contributed by atoms with van der Waals surface area (Å²) in [5, 5.41) is 12.7. The van der Waals surface area contributed by atoms with Gasteiger partial charge < -0.3 is 5.11 Å². The summed E-state index contributed by atoms with van der Waals surface area (Å²) in [6.07, 6.45) is 4.55. The summed E-state index contributed by atoms with van der Waals surface area (Å²) in [4.78, 5) is 5.79. The average molecular weight is 997 g/mol. The molecule has 0 amide bonds. The van der Waals surface area contributed by atoms with Gasteiger partial charge in [0.25, 0.3) is 0 Å². The van der Waals surface area contributed by atoms with Crippen LogP contribution in [0.1, 0.15) is 130 Å². The molecule has 76 heavy (non-hydrogen) atoms. The highest BCUT2D eigenvalue weighted by Gasteiger charge is 2.31. The summed E-state index contributed by atoms with van der Waals surface area (Å²) in [6.45, 7) is 29.4. The molecule has 2 heterocycles. The van der Waals surface area contributed by atoms with Crippen LogP contribution < -0.4 is 4.57 Å². The van der Waals surface area contributed by atoms with E-state index in [-0.39, 0.29) is 22.0 Å². The predicted octanol–water partition coefficient (Wildman–Crippen LogP) is 19.1. The summed E-state index contributed by atoms with van der Waals surface area (Å²) in [5.41, 5.74) is 21.3. The first kappa shape index (κ1) is 51.7. The van der Waals surface area contributed by atoms with E-state index < -0.39 is 0 Å². The van der Waals surface area contributed by atoms with Crippen molar-refractivity contribution in [2.24, 2.45) is 0 Å². The first-order chi connectivity index (χ1) is 36.2. The van der Waals surface area contributed by atoms with Crippen molar-refractivity contribution in [1.29, 1.82) is 0 Å². The van der Waals surface area contributed by atoms with Crippen molar-refractivity contribution in [1.82, 2.24) is 9.55 Å². The number of hydrogen-bond donors (Lipinski definition) is 1. The molecule has 4 heteroatoms. The Balaban J connectivity index is 1.23. The van der Waals surface area contributed by atoms with Crippen molar-refractivity contribution in [3.8, 4) is 84.1 Å². The maximum absolute atomic E-state index is 12.7. The standard InChI is InChI=1S/C72H73N3O/c1-46(2)59-41-54(49-27-19-15-20-28-49)42-60(47(3)4)67(59)74-36-24-31-52(45-74)53-37-55(39-56(38-53)70(5,6)7)58-32-23-33-65-66(58)73-69(62-43-57(71(8,9)10)44-63(68(62)76)72(11,12)13)75(65)64-35-34-51(48-25-17-14-18-26-48)40-61(64)50-29-21-16-22-30-50/h14-47H,1-13H3/p+1. The van der Waals surface area contributed by atoms with Gasteiger partial charge in [-0.3, -0.25) is 4.57 Å². The van der Waals surface area contributed by atoms with Crippen LogP contribution in [0, 0.1) is 0 Å². The summed E-state index contributed by atoms with van der Waals surface area (Å²) in [6, 6.07) is 66.1. The SMILES string of the molecule is CC(C)c1cc(-c2ccccc2)cc(C(C)C)c1-[n+]1cccc(-c2cc(-c3cccc4c3nc(-c3cc(C(C)(C)C)cc(C(C)(C)C)c3O)n4-c3ccc(-c4ccccc4)cc3-c3ccccc3)cc(C(C)(C)C)c2)c1. The fourth-order valence-corrected chi connectivity index (χ4v) is 10.8. The molecule has 10 aromatic rings. The Kier molecular flexibility index (Phi) is 13.6. The number of aromatic nitrogens is 3. The predicted molar refractivity (Wildman–Crippen MR) is 321 cm³/mol. The molecule has 0 saturated heterocycles. The lowest BCUT2D eigenvalue weighted by molar-refractivity contribution is -0.596. The highest BCUT2D eigenvalue weighted by atomic mass is 16.3. The minimum Gasteiger partial charge on any atom is -0.507 e. The molecular formula is C72H74N3O+. The number of fused-ring (bicyclic) bond motifs is 1. The molecule has 8 aromatic carbocycles. The van der Waals surface area contributed by atoms with Crippen LogP contribution in [0.25, 0.3) is 89.4 Å². The van der Waals surface area contributed by atoms with E-state index in [1.807, 2.05) is 0 Å². The molecule has 10 rings (SSSR count). The monoisotopic (exact) mass is 997 g/mol. The van der Waals surface area contributed by atoms with Crippen molar-refractivity contribution < 1.29 is 9.67 Å². The zero-order chi connectivity index (χ0) is 53.8. The van der Waals surface area contributed by atoms with Crippen LogP contribution >= 0.6 is 0 Å². The molecule has 0 radical (unpaired) electrons. The van der Waals surface area contributed by atoms with E-state index in [0.717, 1.165) is 72.4 Å². The minimum atomic E-state index is -0.341. The van der Waals surface area contributed by atoms with Crippen molar-refractivity contribution in [3.05, 3.63) is 222 Å². The molecular weight excluding hydrogens is 923 g/mol. The van der Waals surface area contributed by atoms with E-state index in [9.17, 15) is 5.11 Å². The molecule has 0 saturated carbocycles. The van der Waals surface area contributed by atoms with Gasteiger partial charge in [0.15, 0.2) is 12.4 Å². The molecule has 0 bridgehead atoms. The van der Waals surface area contributed by atoms with Crippen LogP contribution in [-0.2, 0) is 16.2 Å². The van der Waals surface area contributed by atoms with Gasteiger partial charge in [-0.25, -0.2) is 4.98 Å². The van der Waals surface area contributed by atoms with Gasteiger partial charge in [-0.05, 0) is 127 Å². The van der Waals surface area contributed by atoms with Crippen molar-refractivity contribution in [3.63, 3.8) is 0 Å². The lowest BCUT2D eigenvalue weighted by Gasteiger charge is -2.27. The van der Waals surface area contributed by atoms with Crippen LogP contribution in [0.2, 0.25) is 0 Å². The smallest absolute Gasteiger partial charge is 0.217 e. The number of imidazole rings is 1. The summed E-state index contributed by atoms with van der Waals surface area (Å²) < 4.78 is 4.67. The molecule has 0 unspecified atom stereocenters. The Morgan fingerprint density at radius 1 is 0.434 bits per heavy atom. The molecule has 0 spiro atoms. The second-order valence-electron chi connectivity index (χ2n) is 24.6. The normalized spacial score (nSPS) is 12.3. The first-order valence-electron chi connectivity index (χ1n) is 27.2. The van der Waals surface area contributed by atoms with Gasteiger partial charge in [0, 0.05) is 39.4 Å². The van der Waals surface area contributed by atoms with E-state index in [1.54, 1.807) is 0 Å². The Hall–Kier alpha value is -7.82. The zero-order valence-electron chi connectivity index (χ0n) is 46.9. The number of phenolic OH excluding ortho intramolecular Hbond substituents is 1. The van der Waals surface area contributed by atoms with Crippen LogP contribution in [0.3, 0.4) is 0 Å². The lowest BCUT2D eigenvalue weighted by atomic mass is 9.79. The van der Waals surface area contributed by atoms with Gasteiger partial charge in [0.05, 0.1) is 22.3 Å². The van der Waals surface area contributed by atoms with Gasteiger partial charge in [0.2, 0.25) is 5.69 Å². The third-order valence-corrected chi connectivity index (χ3v) is 15.2. The number of nitrogens with zero attached hydrogens (tertiary/aromatic N) is 3. The summed E-state index contributed by atoms with van der Waals surface area (Å²) >= 11 is 0. The third kappa shape index (κ3) is 10.1. The molecule has 382 valence electrons. The number of para-hydroxylation sites is 1. The Bertz CT molecular complexity index is 3720. The van der Waals surface area contributed by atoms with Crippen LogP contribution in [0.15, 0.2) is 194 Å². The third-order valence-electron chi connectivity index (χ3n) is 15.2. The summed E-state index contributed by atoms with van der Waals surface area (Å²) in [7, 11) is 0. The highest BCUT2D eigenvalue weighted by molar-refractivity contribution is 5.98. The van der Waals surface area contributed by atoms with Gasteiger partial charge in [-0.2, -0.15) is 4.57 Å². The minimum absolute atomic E-state index is 0.162. The van der Waals surface area contributed by atoms with E-state index in [2.05, 4.69) is 294 Å². The number of phenols is 1. The van der Waals surface area contributed by atoms with Crippen LogP contribution in [-0.4, -0.2) is 14.7 Å². The van der Waals surface area contributed by atoms with Crippen molar-refractivity contribution in [2.45, 2.75) is 118 Å². The van der Waals surface area contributed by atoms with E-state index in [0.29, 0.717) is 23.2 Å². The van der Waals surface area contributed by atoms with Crippen molar-refractivity contribution >= 4 is 11.0 Å². The Labute approximate surface area is 452 Å². The summed E-state index contributed by atoms with van der Waals surface area (Å²) in [5.74, 6) is 1.55. The first-order valence-corrected chi connectivity index (χ1v) is 27.2. The van der Waals surface area contributed by atoms with E-state index in [1.165, 1.54) is 33.5 Å². The highest BCUT2D eigenvalue weighted by Crippen LogP contribution is 2.46. The van der Waals surface area contributed by atoms with Gasteiger partial charge in [-0.1, -0.05) is 217 Å². The Morgan fingerprint density at radius 2 is 0.974 bits per heavy atom. The van der Waals surface area contributed by atoms with Crippen LogP contribution in [0.4, 0.5) is 0 Å². The maximum Gasteiger partial charge on any atom is 0.217 e. The molecule has 0 aliphatic rings. The maximum atomic E-state index is 12.7. The quantitative estimate of drug-likeness (QED) is 0.139. The number of rotatable bonds is 10. The number of benzene rings is 8. The molecule has 4 nitrogen and oxygen atoms in total. The molecule has 0 fully saturated rings. The molecule has 2 aromatic heterocycles. The Morgan fingerprint density at radius 3 is 1.55 bits per heavy atom. The van der Waals surface area contributed by atoms with E-state index in [4.69, 9.17) is 4.98 Å². The van der Waals surface area contributed by atoms with Gasteiger partial charge in [-0.15, -0.1) is 0 Å². The molecule has 0 aliphatic carbocycles.